The standard InChI is InChI=1S/C27H30N2O4S/c1-20(22-17-16-21-10-6-7-11-23(21)18-22)28-27(30)19-29(25-14-8-9-15-26(25)33-2)34(31,32)24-12-4-3-5-13-24/h3-5,8-9,12-18,20H,6-7,10-11,19H2,1-2H3,(H,28,30). The van der Waals surface area contributed by atoms with Gasteiger partial charge in [-0.2, -0.15) is 0 Å². The number of methoxy groups -OCH3 is 1. The molecular formula is C27H30N2O4S. The summed E-state index contributed by atoms with van der Waals surface area (Å²) in [6, 6.07) is 21.0. The molecule has 0 saturated carbocycles. The number of amides is 1. The lowest BCUT2D eigenvalue weighted by molar-refractivity contribution is -0.120. The number of benzene rings is 3. The number of ether oxygens (including phenoxy) is 1. The second-order valence-corrected chi connectivity index (χ2v) is 10.4. The molecule has 1 N–H and O–H groups in total. The zero-order valence-corrected chi connectivity index (χ0v) is 20.3. The minimum absolute atomic E-state index is 0.108. The third kappa shape index (κ3) is 5.09. The summed E-state index contributed by atoms with van der Waals surface area (Å²) in [5.74, 6) is -0.0202. The van der Waals surface area contributed by atoms with Crippen molar-refractivity contribution in [2.24, 2.45) is 0 Å². The van der Waals surface area contributed by atoms with Crippen LogP contribution in [-0.4, -0.2) is 28.0 Å². The van der Waals surface area contributed by atoms with E-state index in [9.17, 15) is 13.2 Å². The summed E-state index contributed by atoms with van der Waals surface area (Å²) in [5.41, 5.74) is 4.05. The summed E-state index contributed by atoms with van der Waals surface area (Å²) in [6.45, 7) is 1.55. The maximum Gasteiger partial charge on any atom is 0.264 e. The second-order valence-electron chi connectivity index (χ2n) is 8.52. The number of anilines is 1. The average molecular weight is 479 g/mol. The van der Waals surface area contributed by atoms with Crippen LogP contribution in [0.4, 0.5) is 5.69 Å². The van der Waals surface area contributed by atoms with E-state index in [-0.39, 0.29) is 17.5 Å². The Hall–Kier alpha value is -3.32. The highest BCUT2D eigenvalue weighted by atomic mass is 32.2. The molecule has 3 aromatic carbocycles. The molecular weight excluding hydrogens is 448 g/mol. The molecule has 1 aliphatic carbocycles. The van der Waals surface area contributed by atoms with E-state index in [2.05, 4.69) is 17.4 Å². The summed E-state index contributed by atoms with van der Waals surface area (Å²) in [5, 5.41) is 2.98. The second kappa shape index (κ2) is 10.3. The molecule has 3 aromatic rings. The molecule has 0 fully saturated rings. The van der Waals surface area contributed by atoms with Crippen molar-refractivity contribution in [3.8, 4) is 5.75 Å². The van der Waals surface area contributed by atoms with Crippen molar-refractivity contribution in [1.82, 2.24) is 5.32 Å². The molecule has 0 bridgehead atoms. The van der Waals surface area contributed by atoms with E-state index in [4.69, 9.17) is 4.74 Å². The number of nitrogens with zero attached hydrogens (tertiary/aromatic N) is 1. The fourth-order valence-electron chi connectivity index (χ4n) is 4.38. The highest BCUT2D eigenvalue weighted by molar-refractivity contribution is 7.92. The van der Waals surface area contributed by atoms with Crippen molar-refractivity contribution in [3.63, 3.8) is 0 Å². The monoisotopic (exact) mass is 478 g/mol. The molecule has 1 aliphatic rings. The Morgan fingerprint density at radius 3 is 2.38 bits per heavy atom. The first-order valence-electron chi connectivity index (χ1n) is 11.5. The number of carbonyl (C=O) groups excluding carboxylic acids is 1. The van der Waals surface area contributed by atoms with Gasteiger partial charge in [-0.1, -0.05) is 48.5 Å². The van der Waals surface area contributed by atoms with Gasteiger partial charge in [0.25, 0.3) is 10.0 Å². The number of aryl methyl sites for hydroxylation is 2. The summed E-state index contributed by atoms with van der Waals surface area (Å²) in [6.07, 6.45) is 4.55. The highest BCUT2D eigenvalue weighted by Crippen LogP contribution is 2.32. The van der Waals surface area contributed by atoms with Crippen LogP contribution in [0.1, 0.15) is 42.5 Å². The van der Waals surface area contributed by atoms with Crippen molar-refractivity contribution < 1.29 is 17.9 Å². The van der Waals surface area contributed by atoms with Gasteiger partial charge >= 0.3 is 0 Å². The number of sulfonamides is 1. The first-order chi connectivity index (χ1) is 16.4. The zero-order chi connectivity index (χ0) is 24.1. The molecule has 1 atom stereocenters. The number of para-hydroxylation sites is 2. The predicted octanol–water partition coefficient (Wildman–Crippen LogP) is 4.65. The zero-order valence-electron chi connectivity index (χ0n) is 19.5. The Balaban J connectivity index is 1.59. The molecule has 6 nitrogen and oxygen atoms in total. The fourth-order valence-corrected chi connectivity index (χ4v) is 5.83. The number of nitrogens with one attached hydrogen (secondary N) is 1. The number of rotatable bonds is 8. The van der Waals surface area contributed by atoms with Gasteiger partial charge in [0.2, 0.25) is 5.91 Å². The molecule has 0 spiro atoms. The summed E-state index contributed by atoms with van der Waals surface area (Å²) in [4.78, 5) is 13.2. The Kier molecular flexibility index (Phi) is 7.22. The normalized spacial score (nSPS) is 14.1. The van der Waals surface area contributed by atoms with E-state index in [1.807, 2.05) is 13.0 Å². The topological polar surface area (TPSA) is 75.7 Å². The van der Waals surface area contributed by atoms with Crippen LogP contribution < -0.4 is 14.4 Å². The van der Waals surface area contributed by atoms with Gasteiger partial charge < -0.3 is 10.1 Å². The quantitative estimate of drug-likeness (QED) is 0.512. The first kappa shape index (κ1) is 23.8. The minimum atomic E-state index is -4.00. The molecule has 0 heterocycles. The van der Waals surface area contributed by atoms with Gasteiger partial charge in [0.15, 0.2) is 0 Å². The molecule has 0 aromatic heterocycles. The molecule has 34 heavy (non-hydrogen) atoms. The minimum Gasteiger partial charge on any atom is -0.495 e. The number of hydrogen-bond acceptors (Lipinski definition) is 4. The van der Waals surface area contributed by atoms with E-state index < -0.39 is 15.9 Å². The largest absolute Gasteiger partial charge is 0.495 e. The van der Waals surface area contributed by atoms with Gasteiger partial charge in [-0.25, -0.2) is 8.42 Å². The van der Waals surface area contributed by atoms with Crippen LogP contribution in [0.2, 0.25) is 0 Å². The van der Waals surface area contributed by atoms with Crippen molar-refractivity contribution >= 4 is 21.6 Å². The third-order valence-corrected chi connectivity index (χ3v) is 8.00. The fraction of sp³-hybridized carbons (Fsp3) is 0.296. The Morgan fingerprint density at radius 1 is 0.971 bits per heavy atom. The van der Waals surface area contributed by atoms with Crippen LogP contribution in [0.15, 0.2) is 77.7 Å². The van der Waals surface area contributed by atoms with E-state index >= 15 is 0 Å². The van der Waals surface area contributed by atoms with Gasteiger partial charge in [-0.3, -0.25) is 9.10 Å². The number of fused-ring (bicyclic) bond motifs is 1. The summed E-state index contributed by atoms with van der Waals surface area (Å²) >= 11 is 0. The SMILES string of the molecule is COc1ccccc1N(CC(=O)NC(C)c1ccc2c(c1)CCCC2)S(=O)(=O)c1ccccc1. The lowest BCUT2D eigenvalue weighted by Gasteiger charge is -2.26. The van der Waals surface area contributed by atoms with E-state index in [0.717, 1.165) is 22.7 Å². The molecule has 0 aliphatic heterocycles. The van der Waals surface area contributed by atoms with Gasteiger partial charge in [0.1, 0.15) is 12.3 Å². The lowest BCUT2D eigenvalue weighted by atomic mass is 9.89. The van der Waals surface area contributed by atoms with Crippen LogP contribution in [0.25, 0.3) is 0 Å². The van der Waals surface area contributed by atoms with Crippen LogP contribution in [0.5, 0.6) is 5.75 Å². The molecule has 7 heteroatoms. The molecule has 4 rings (SSSR count). The predicted molar refractivity (Wildman–Crippen MR) is 134 cm³/mol. The van der Waals surface area contributed by atoms with Gasteiger partial charge in [0.05, 0.1) is 23.7 Å². The lowest BCUT2D eigenvalue weighted by Crippen LogP contribution is -2.41. The summed E-state index contributed by atoms with van der Waals surface area (Å²) < 4.78 is 33.6. The molecule has 1 unspecified atom stereocenters. The van der Waals surface area contributed by atoms with E-state index in [1.165, 1.54) is 43.2 Å². The van der Waals surface area contributed by atoms with Crippen LogP contribution in [0.3, 0.4) is 0 Å². The average Bonchev–Trinajstić information content (AvgIpc) is 2.87. The van der Waals surface area contributed by atoms with E-state index in [1.54, 1.807) is 42.5 Å². The first-order valence-corrected chi connectivity index (χ1v) is 13.0. The third-order valence-electron chi connectivity index (χ3n) is 6.22. The van der Waals surface area contributed by atoms with Crippen molar-refractivity contribution in [2.45, 2.75) is 43.5 Å². The van der Waals surface area contributed by atoms with Gasteiger partial charge in [-0.15, -0.1) is 0 Å². The maximum atomic E-state index is 13.5. The van der Waals surface area contributed by atoms with Crippen LogP contribution >= 0.6 is 0 Å². The highest BCUT2D eigenvalue weighted by Gasteiger charge is 2.29. The van der Waals surface area contributed by atoms with Crippen molar-refractivity contribution in [1.29, 1.82) is 0 Å². The van der Waals surface area contributed by atoms with Crippen molar-refractivity contribution in [2.75, 3.05) is 18.0 Å². The molecule has 178 valence electrons. The maximum absolute atomic E-state index is 13.5. The molecule has 1 amide bonds. The van der Waals surface area contributed by atoms with Crippen LogP contribution in [0, 0.1) is 0 Å². The Bertz CT molecular complexity index is 1260. The smallest absolute Gasteiger partial charge is 0.264 e. The van der Waals surface area contributed by atoms with Gasteiger partial charge in [-0.05, 0) is 73.6 Å². The number of carbonyl (C=O) groups is 1. The molecule has 0 radical (unpaired) electrons. The Morgan fingerprint density at radius 2 is 1.65 bits per heavy atom. The van der Waals surface area contributed by atoms with Crippen LogP contribution in [-0.2, 0) is 27.7 Å². The van der Waals surface area contributed by atoms with Gasteiger partial charge in [0, 0.05) is 0 Å². The van der Waals surface area contributed by atoms with E-state index in [0.29, 0.717) is 11.4 Å². The Labute approximate surface area is 201 Å². The number of hydrogen-bond donors (Lipinski definition) is 1. The summed E-state index contributed by atoms with van der Waals surface area (Å²) in [7, 11) is -2.53. The molecule has 0 saturated heterocycles. The van der Waals surface area contributed by atoms with Crippen molar-refractivity contribution in [3.05, 3.63) is 89.5 Å².